The van der Waals surface area contributed by atoms with Crippen LogP contribution < -0.4 is 5.32 Å². The largest absolute Gasteiger partial charge is 0.462 e. The lowest BCUT2D eigenvalue weighted by molar-refractivity contribution is -0.384. The third-order valence-electron chi connectivity index (χ3n) is 5.97. The highest BCUT2D eigenvalue weighted by molar-refractivity contribution is 7.17. The van der Waals surface area contributed by atoms with Gasteiger partial charge in [0.2, 0.25) is 0 Å². The normalized spacial score (nSPS) is 12.9. The van der Waals surface area contributed by atoms with E-state index < -0.39 is 16.8 Å². The summed E-state index contributed by atoms with van der Waals surface area (Å²) in [5.74, 6) is -0.409. The zero-order valence-corrected chi connectivity index (χ0v) is 21.1. The van der Waals surface area contributed by atoms with Gasteiger partial charge >= 0.3 is 5.97 Å². The standard InChI is InChI=1S/C27H25N3O6S/c1-2-3-14-35-27(32)24-21-6-4-5-7-23(21)37-26(24)29-25(31)18(16-28)15-20-12-13-22(36-20)17-8-10-19(11-9-17)30(33)34/h8-13,15H,2-7,14H2,1H3,(H,29,31). The number of nitrogens with one attached hydrogen (secondary N) is 1. The number of aryl methyl sites for hydroxylation is 1. The van der Waals surface area contributed by atoms with Gasteiger partial charge in [-0.1, -0.05) is 13.3 Å². The minimum Gasteiger partial charge on any atom is -0.462 e. The Morgan fingerprint density at radius 3 is 2.68 bits per heavy atom. The first-order valence-corrected chi connectivity index (χ1v) is 12.8. The first kappa shape index (κ1) is 25.9. The minimum atomic E-state index is -0.656. The van der Waals surface area contributed by atoms with E-state index in [9.17, 15) is 25.0 Å². The predicted octanol–water partition coefficient (Wildman–Crippen LogP) is 6.30. The third-order valence-corrected chi connectivity index (χ3v) is 7.18. The molecule has 4 rings (SSSR count). The van der Waals surface area contributed by atoms with Crippen LogP contribution in [0.4, 0.5) is 10.7 Å². The zero-order valence-electron chi connectivity index (χ0n) is 20.2. The topological polar surface area (TPSA) is 135 Å². The van der Waals surface area contributed by atoms with Crippen molar-refractivity contribution in [3.05, 3.63) is 73.8 Å². The molecule has 9 nitrogen and oxygen atoms in total. The lowest BCUT2D eigenvalue weighted by Crippen LogP contribution is -2.17. The number of ether oxygens (including phenoxy) is 1. The molecule has 0 spiro atoms. The Balaban J connectivity index is 1.55. The highest BCUT2D eigenvalue weighted by atomic mass is 32.1. The molecule has 0 fully saturated rings. The zero-order chi connectivity index (χ0) is 26.4. The van der Waals surface area contributed by atoms with Crippen LogP contribution >= 0.6 is 11.3 Å². The van der Waals surface area contributed by atoms with Crippen molar-refractivity contribution < 1.29 is 23.7 Å². The number of thiophene rings is 1. The van der Waals surface area contributed by atoms with Crippen molar-refractivity contribution >= 4 is 40.0 Å². The Hall–Kier alpha value is -4.23. The fraction of sp³-hybridized carbons (Fsp3) is 0.296. The predicted molar refractivity (Wildman–Crippen MR) is 139 cm³/mol. The summed E-state index contributed by atoms with van der Waals surface area (Å²) < 4.78 is 11.2. The van der Waals surface area contributed by atoms with E-state index in [1.165, 1.54) is 29.5 Å². The fourth-order valence-corrected chi connectivity index (χ4v) is 5.32. The number of nitrogens with zero attached hydrogens (tertiary/aromatic N) is 2. The third kappa shape index (κ3) is 5.95. The second-order valence-electron chi connectivity index (χ2n) is 8.53. The number of benzene rings is 1. The van der Waals surface area contributed by atoms with E-state index in [2.05, 4.69) is 5.32 Å². The molecule has 1 N–H and O–H groups in total. The van der Waals surface area contributed by atoms with Crippen molar-refractivity contribution in [1.29, 1.82) is 5.26 Å². The van der Waals surface area contributed by atoms with E-state index in [0.717, 1.165) is 49.0 Å². The Morgan fingerprint density at radius 2 is 1.97 bits per heavy atom. The minimum absolute atomic E-state index is 0.0391. The maximum absolute atomic E-state index is 13.0. The summed E-state index contributed by atoms with van der Waals surface area (Å²) in [7, 11) is 0. The first-order valence-electron chi connectivity index (χ1n) is 12.0. The molecule has 3 aromatic rings. The number of unbranched alkanes of at least 4 members (excludes halogenated alkanes) is 1. The van der Waals surface area contributed by atoms with Gasteiger partial charge in [-0.3, -0.25) is 14.9 Å². The number of rotatable bonds is 9. The molecule has 0 radical (unpaired) electrons. The van der Waals surface area contributed by atoms with Gasteiger partial charge in [0.05, 0.1) is 17.1 Å². The van der Waals surface area contributed by atoms with Gasteiger partial charge in [-0.25, -0.2) is 4.79 Å². The molecule has 1 aliphatic carbocycles. The Kier molecular flexibility index (Phi) is 8.15. The van der Waals surface area contributed by atoms with Crippen LogP contribution in [-0.2, 0) is 22.4 Å². The average molecular weight is 520 g/mol. The number of hydrogen-bond donors (Lipinski definition) is 1. The van der Waals surface area contributed by atoms with Crippen LogP contribution in [-0.4, -0.2) is 23.4 Å². The second kappa shape index (κ2) is 11.7. The number of esters is 1. The number of furan rings is 1. The van der Waals surface area contributed by atoms with Crippen LogP contribution in [0.25, 0.3) is 17.4 Å². The van der Waals surface area contributed by atoms with Gasteiger partial charge in [-0.15, -0.1) is 11.3 Å². The summed E-state index contributed by atoms with van der Waals surface area (Å²) >= 11 is 1.36. The molecule has 2 aromatic heterocycles. The molecule has 0 unspecified atom stereocenters. The fourth-order valence-electron chi connectivity index (χ4n) is 4.05. The van der Waals surface area contributed by atoms with Gasteiger partial charge in [0.25, 0.3) is 11.6 Å². The molecule has 37 heavy (non-hydrogen) atoms. The number of hydrogen-bond acceptors (Lipinski definition) is 8. The maximum atomic E-state index is 13.0. The smallest absolute Gasteiger partial charge is 0.341 e. The summed E-state index contributed by atoms with van der Waals surface area (Å²) in [6, 6.07) is 11.0. The summed E-state index contributed by atoms with van der Waals surface area (Å²) in [4.78, 5) is 37.3. The Bertz CT molecular complexity index is 1390. The molecule has 0 saturated heterocycles. The van der Waals surface area contributed by atoms with Crippen molar-refractivity contribution in [2.45, 2.75) is 45.4 Å². The molecule has 2 heterocycles. The van der Waals surface area contributed by atoms with Crippen LogP contribution in [0.3, 0.4) is 0 Å². The number of fused-ring (bicyclic) bond motifs is 1. The number of nitriles is 1. The number of anilines is 1. The number of amides is 1. The number of non-ortho nitro benzene ring substituents is 1. The molecule has 10 heteroatoms. The van der Waals surface area contributed by atoms with Crippen molar-refractivity contribution in [3.8, 4) is 17.4 Å². The van der Waals surface area contributed by atoms with Crippen LogP contribution in [0.2, 0.25) is 0 Å². The van der Waals surface area contributed by atoms with E-state index >= 15 is 0 Å². The highest BCUT2D eigenvalue weighted by Gasteiger charge is 2.28. The monoisotopic (exact) mass is 519 g/mol. The van der Waals surface area contributed by atoms with E-state index in [-0.39, 0.29) is 17.0 Å². The molecule has 0 bridgehead atoms. The number of carbonyl (C=O) groups is 2. The quantitative estimate of drug-likeness (QED) is 0.0875. The number of nitro groups is 1. The molecular weight excluding hydrogens is 494 g/mol. The van der Waals surface area contributed by atoms with Crippen molar-refractivity contribution in [2.24, 2.45) is 0 Å². The SMILES string of the molecule is CCCCOC(=O)c1c(NC(=O)C(C#N)=Cc2ccc(-c3ccc([N+](=O)[O-])cc3)o2)sc2c1CCCC2. The van der Waals surface area contributed by atoms with Gasteiger partial charge in [-0.2, -0.15) is 5.26 Å². The maximum Gasteiger partial charge on any atom is 0.341 e. The van der Waals surface area contributed by atoms with E-state index in [1.807, 2.05) is 13.0 Å². The molecule has 1 amide bonds. The van der Waals surface area contributed by atoms with E-state index in [1.54, 1.807) is 24.3 Å². The summed E-state index contributed by atoms with van der Waals surface area (Å²) in [5, 5.41) is 23.7. The lowest BCUT2D eigenvalue weighted by Gasteiger charge is -2.12. The van der Waals surface area contributed by atoms with Crippen LogP contribution in [0.1, 0.15) is 59.2 Å². The summed E-state index contributed by atoms with van der Waals surface area (Å²) in [6.07, 6.45) is 6.54. The molecule has 0 saturated carbocycles. The van der Waals surface area contributed by atoms with Gasteiger partial charge < -0.3 is 14.5 Å². The van der Waals surface area contributed by atoms with E-state index in [4.69, 9.17) is 9.15 Å². The molecule has 1 aliphatic rings. The van der Waals surface area contributed by atoms with Crippen molar-refractivity contribution in [1.82, 2.24) is 0 Å². The molecular formula is C27H25N3O6S. The average Bonchev–Trinajstić information content (AvgIpc) is 3.51. The summed E-state index contributed by atoms with van der Waals surface area (Å²) in [6.45, 7) is 2.32. The Morgan fingerprint density at radius 1 is 1.22 bits per heavy atom. The number of carbonyl (C=O) groups excluding carboxylic acids is 2. The van der Waals surface area contributed by atoms with Crippen LogP contribution in [0, 0.1) is 21.4 Å². The van der Waals surface area contributed by atoms with Crippen molar-refractivity contribution in [2.75, 3.05) is 11.9 Å². The Labute approximate surface area is 217 Å². The van der Waals surface area contributed by atoms with Gasteiger partial charge in [0, 0.05) is 28.6 Å². The molecule has 190 valence electrons. The molecule has 0 aliphatic heterocycles. The summed E-state index contributed by atoms with van der Waals surface area (Å²) in [5.41, 5.74) is 1.70. The first-order chi connectivity index (χ1) is 17.9. The van der Waals surface area contributed by atoms with Crippen LogP contribution in [0.5, 0.6) is 0 Å². The second-order valence-corrected chi connectivity index (χ2v) is 9.64. The molecule has 0 atom stereocenters. The van der Waals surface area contributed by atoms with Gasteiger partial charge in [0.15, 0.2) is 0 Å². The van der Waals surface area contributed by atoms with E-state index in [0.29, 0.717) is 28.5 Å². The molecule has 1 aromatic carbocycles. The number of nitro benzene ring substituents is 1. The van der Waals surface area contributed by atoms with Gasteiger partial charge in [-0.05, 0) is 61.9 Å². The van der Waals surface area contributed by atoms with Crippen molar-refractivity contribution in [3.63, 3.8) is 0 Å². The van der Waals surface area contributed by atoms with Gasteiger partial charge in [0.1, 0.15) is 28.2 Å². The van der Waals surface area contributed by atoms with Crippen LogP contribution in [0.15, 0.2) is 46.4 Å². The highest BCUT2D eigenvalue weighted by Crippen LogP contribution is 2.39. The lowest BCUT2D eigenvalue weighted by atomic mass is 9.95.